The van der Waals surface area contributed by atoms with Crippen molar-refractivity contribution in [3.8, 4) is 28.3 Å². The summed E-state index contributed by atoms with van der Waals surface area (Å²) in [6.07, 6.45) is 7.02. The summed E-state index contributed by atoms with van der Waals surface area (Å²) in [5, 5.41) is 4.77. The number of ether oxygens (including phenoxy) is 2. The van der Waals surface area contributed by atoms with Gasteiger partial charge in [0.15, 0.2) is 0 Å². The Morgan fingerprint density at radius 2 is 1.88 bits per heavy atom. The largest absolute Gasteiger partial charge is 0.489 e. The first-order valence-electron chi connectivity index (χ1n) is 14.1. The van der Waals surface area contributed by atoms with Crippen LogP contribution in [-0.4, -0.2) is 56.4 Å². The van der Waals surface area contributed by atoms with Crippen molar-refractivity contribution in [3.05, 3.63) is 83.4 Å². The molecule has 2 aromatic heterocycles. The van der Waals surface area contributed by atoms with Gasteiger partial charge in [0.2, 0.25) is 5.91 Å². The normalized spacial score (nSPS) is 15.1. The molecule has 3 heterocycles. The number of benzene rings is 3. The number of thiol groups is 1. The second-order valence-corrected chi connectivity index (χ2v) is 11.8. The van der Waals surface area contributed by atoms with Gasteiger partial charge in [0.25, 0.3) is 0 Å². The summed E-state index contributed by atoms with van der Waals surface area (Å²) >= 11 is 11.5. The first-order valence-corrected chi connectivity index (χ1v) is 14.9. The number of aromatic nitrogens is 4. The fourth-order valence-electron chi connectivity index (χ4n) is 5.45. The average Bonchev–Trinajstić information content (AvgIpc) is 3.62. The van der Waals surface area contributed by atoms with Crippen LogP contribution in [0.2, 0.25) is 5.02 Å². The molecule has 1 atom stereocenters. The van der Waals surface area contributed by atoms with Crippen LogP contribution < -0.4 is 15.2 Å². The minimum Gasteiger partial charge on any atom is -0.489 e. The lowest BCUT2D eigenvalue weighted by Gasteiger charge is -2.30. The maximum atomic E-state index is 12.5. The molecule has 0 aliphatic carbocycles. The van der Waals surface area contributed by atoms with Crippen LogP contribution in [0.1, 0.15) is 41.8 Å². The predicted molar refractivity (Wildman–Crippen MR) is 171 cm³/mol. The van der Waals surface area contributed by atoms with Gasteiger partial charge in [-0.05, 0) is 56.6 Å². The highest BCUT2D eigenvalue weighted by Gasteiger charge is 2.23. The zero-order valence-corrected chi connectivity index (χ0v) is 25.8. The standard InChI is InChI=1S/C32H33ClN6O3S/c1-19(24-5-4-6-28(30(24)33)42-23-9-11-37(2)12-10-23)41-29-15-22(14-25(31(29)43)32(34)40)39-18-35-26-13-20(7-8-27(26)39)21-16-36-38(3)17-21/h4-8,13-19,23,43H,9-12H2,1-3H3,(H2,34,40)/t19-/m1/s1. The summed E-state index contributed by atoms with van der Waals surface area (Å²) in [7, 11) is 4.00. The molecule has 1 saturated heterocycles. The number of nitrogens with zero attached hydrogens (tertiary/aromatic N) is 5. The number of aryl methyl sites for hydroxylation is 1. The SMILES string of the molecule is C[C@@H](Oc1cc(-n2cnc3cc(-c4cnn(C)c4)ccc32)cc(C(N)=O)c1S)c1cccc(OC2CCN(C)CC2)c1Cl. The number of likely N-dealkylation sites (tertiary alicyclic amines) is 1. The molecular formula is C32H33ClN6O3S. The van der Waals surface area contributed by atoms with E-state index < -0.39 is 12.0 Å². The van der Waals surface area contributed by atoms with Gasteiger partial charge < -0.3 is 20.1 Å². The molecule has 6 rings (SSSR count). The van der Waals surface area contributed by atoms with Crippen LogP contribution in [0.25, 0.3) is 27.8 Å². The topological polar surface area (TPSA) is 100 Å². The molecule has 11 heteroatoms. The van der Waals surface area contributed by atoms with Crippen LogP contribution in [0.4, 0.5) is 0 Å². The summed E-state index contributed by atoms with van der Waals surface area (Å²) in [6.45, 7) is 3.88. The Balaban J connectivity index is 1.31. The lowest BCUT2D eigenvalue weighted by molar-refractivity contribution is 0.0996. The maximum absolute atomic E-state index is 12.5. The van der Waals surface area contributed by atoms with Gasteiger partial charge in [-0.25, -0.2) is 4.98 Å². The predicted octanol–water partition coefficient (Wildman–Crippen LogP) is 6.08. The fraction of sp³-hybridized carbons (Fsp3) is 0.281. The van der Waals surface area contributed by atoms with Crippen LogP contribution in [0.3, 0.4) is 0 Å². The van der Waals surface area contributed by atoms with Gasteiger partial charge in [-0.1, -0.05) is 29.8 Å². The molecule has 0 spiro atoms. The Morgan fingerprint density at radius 3 is 2.60 bits per heavy atom. The highest BCUT2D eigenvalue weighted by molar-refractivity contribution is 7.80. The Morgan fingerprint density at radius 1 is 1.09 bits per heavy atom. The molecule has 0 radical (unpaired) electrons. The quantitative estimate of drug-likeness (QED) is 0.205. The number of fused-ring (bicyclic) bond motifs is 1. The van der Waals surface area contributed by atoms with Gasteiger partial charge in [-0.15, -0.1) is 12.6 Å². The number of carbonyl (C=O) groups is 1. The van der Waals surface area contributed by atoms with Gasteiger partial charge in [0.1, 0.15) is 30.0 Å². The highest BCUT2D eigenvalue weighted by Crippen LogP contribution is 2.38. The van der Waals surface area contributed by atoms with Crippen molar-refractivity contribution in [2.24, 2.45) is 12.8 Å². The Bertz CT molecular complexity index is 1810. The third-order valence-electron chi connectivity index (χ3n) is 7.88. The number of imidazole rings is 1. The number of hydrogen-bond donors (Lipinski definition) is 2. The van der Waals surface area contributed by atoms with Crippen molar-refractivity contribution in [1.29, 1.82) is 0 Å². The zero-order valence-electron chi connectivity index (χ0n) is 24.2. The monoisotopic (exact) mass is 616 g/mol. The van der Waals surface area contributed by atoms with Gasteiger partial charge >= 0.3 is 0 Å². The van der Waals surface area contributed by atoms with Crippen LogP contribution in [0.15, 0.2) is 72.1 Å². The van der Waals surface area contributed by atoms with E-state index in [1.165, 1.54) is 0 Å². The van der Waals surface area contributed by atoms with Gasteiger partial charge in [0, 0.05) is 43.5 Å². The average molecular weight is 617 g/mol. The molecule has 1 aliphatic heterocycles. The zero-order chi connectivity index (χ0) is 30.2. The molecule has 9 nitrogen and oxygen atoms in total. The molecule has 0 unspecified atom stereocenters. The smallest absolute Gasteiger partial charge is 0.250 e. The van der Waals surface area contributed by atoms with Crippen molar-refractivity contribution >= 4 is 41.2 Å². The molecule has 43 heavy (non-hydrogen) atoms. The molecule has 3 aromatic carbocycles. The van der Waals surface area contributed by atoms with Crippen molar-refractivity contribution in [1.82, 2.24) is 24.2 Å². The lowest BCUT2D eigenvalue weighted by atomic mass is 10.1. The summed E-state index contributed by atoms with van der Waals surface area (Å²) in [5.74, 6) is 0.422. The molecule has 1 fully saturated rings. The second kappa shape index (κ2) is 11.9. The summed E-state index contributed by atoms with van der Waals surface area (Å²) in [4.78, 5) is 19.7. The van der Waals surface area contributed by atoms with E-state index in [9.17, 15) is 4.79 Å². The molecule has 2 N–H and O–H groups in total. The number of carbonyl (C=O) groups excluding carboxylic acids is 1. The van der Waals surface area contributed by atoms with E-state index in [2.05, 4.69) is 34.7 Å². The third kappa shape index (κ3) is 5.95. The van der Waals surface area contributed by atoms with E-state index in [1.807, 2.05) is 73.4 Å². The number of hydrogen-bond acceptors (Lipinski definition) is 7. The number of primary amides is 1. The van der Waals surface area contributed by atoms with Crippen molar-refractivity contribution in [2.75, 3.05) is 20.1 Å². The summed E-state index contributed by atoms with van der Waals surface area (Å²) in [6, 6.07) is 15.2. The second-order valence-electron chi connectivity index (χ2n) is 11.0. The Labute approximate surface area is 260 Å². The van der Waals surface area contributed by atoms with Gasteiger partial charge in [-0.2, -0.15) is 5.10 Å². The van der Waals surface area contributed by atoms with E-state index in [0.29, 0.717) is 27.1 Å². The number of halogens is 1. The van der Waals surface area contributed by atoms with Crippen LogP contribution in [0.5, 0.6) is 11.5 Å². The van der Waals surface area contributed by atoms with E-state index >= 15 is 0 Å². The minimum absolute atomic E-state index is 0.115. The fourth-order valence-corrected chi connectivity index (χ4v) is 6.06. The van der Waals surface area contributed by atoms with Crippen LogP contribution in [-0.2, 0) is 7.05 Å². The Hall–Kier alpha value is -3.99. The lowest BCUT2D eigenvalue weighted by Crippen LogP contribution is -2.35. The van der Waals surface area contributed by atoms with Gasteiger partial charge in [-0.3, -0.25) is 14.0 Å². The molecule has 1 amide bonds. The van der Waals surface area contributed by atoms with Crippen molar-refractivity contribution < 1.29 is 14.3 Å². The molecule has 5 aromatic rings. The first kappa shape index (κ1) is 29.1. The minimum atomic E-state index is -0.612. The van der Waals surface area contributed by atoms with Gasteiger partial charge in [0.05, 0.1) is 38.4 Å². The molecule has 0 bridgehead atoms. The summed E-state index contributed by atoms with van der Waals surface area (Å²) < 4.78 is 16.4. The van der Waals surface area contributed by atoms with Crippen LogP contribution in [0, 0.1) is 0 Å². The first-order chi connectivity index (χ1) is 20.7. The van der Waals surface area contributed by atoms with Crippen LogP contribution >= 0.6 is 24.2 Å². The summed E-state index contributed by atoms with van der Waals surface area (Å²) in [5.41, 5.74) is 11.1. The van der Waals surface area contributed by atoms with E-state index in [0.717, 1.165) is 53.7 Å². The maximum Gasteiger partial charge on any atom is 0.250 e. The molecule has 0 saturated carbocycles. The van der Waals surface area contributed by atoms with E-state index in [-0.39, 0.29) is 11.7 Å². The molecular weight excluding hydrogens is 584 g/mol. The number of amides is 1. The number of nitrogens with two attached hydrogens (primary N) is 1. The van der Waals surface area contributed by atoms with E-state index in [1.54, 1.807) is 17.1 Å². The third-order valence-corrected chi connectivity index (χ3v) is 8.75. The molecule has 222 valence electrons. The molecule has 1 aliphatic rings. The Kier molecular flexibility index (Phi) is 8.09. The number of rotatable bonds is 8. The van der Waals surface area contributed by atoms with Crippen molar-refractivity contribution in [3.63, 3.8) is 0 Å². The highest BCUT2D eigenvalue weighted by atomic mass is 35.5. The van der Waals surface area contributed by atoms with Crippen molar-refractivity contribution in [2.45, 2.75) is 36.9 Å². The van der Waals surface area contributed by atoms with E-state index in [4.69, 9.17) is 26.8 Å². The number of piperidine rings is 1.